The van der Waals surface area contributed by atoms with Gasteiger partial charge in [-0.15, -0.1) is 0 Å². The van der Waals surface area contributed by atoms with Crippen LogP contribution in [0.1, 0.15) is 24.8 Å². The number of hydrogen-bond donors (Lipinski definition) is 1. The van der Waals surface area contributed by atoms with Gasteiger partial charge in [-0.1, -0.05) is 6.07 Å². The number of rotatable bonds is 5. The zero-order chi connectivity index (χ0) is 20.1. The second-order valence-corrected chi connectivity index (χ2v) is 7.69. The molecule has 1 amide bonds. The van der Waals surface area contributed by atoms with E-state index in [4.69, 9.17) is 5.73 Å². The molecule has 2 aliphatic rings. The number of amides is 1. The maximum absolute atomic E-state index is 12.9. The van der Waals surface area contributed by atoms with Gasteiger partial charge in [-0.2, -0.15) is 13.2 Å². The van der Waals surface area contributed by atoms with E-state index in [0.717, 1.165) is 71.1 Å². The van der Waals surface area contributed by atoms with E-state index >= 15 is 0 Å². The third-order valence-electron chi connectivity index (χ3n) is 5.91. The Kier molecular flexibility index (Phi) is 6.82. The van der Waals surface area contributed by atoms with Gasteiger partial charge in [0.1, 0.15) is 0 Å². The van der Waals surface area contributed by atoms with Crippen molar-refractivity contribution in [3.05, 3.63) is 29.8 Å². The van der Waals surface area contributed by atoms with Crippen LogP contribution in [0.3, 0.4) is 0 Å². The number of nitrogens with zero attached hydrogens (tertiary/aromatic N) is 3. The molecule has 0 radical (unpaired) electrons. The number of nitrogens with two attached hydrogens (primary N) is 1. The lowest BCUT2D eigenvalue weighted by Crippen LogP contribution is -2.47. The lowest BCUT2D eigenvalue weighted by atomic mass is 9.93. The number of piperidine rings is 1. The Morgan fingerprint density at radius 3 is 2.36 bits per heavy atom. The summed E-state index contributed by atoms with van der Waals surface area (Å²) in [5, 5.41) is 0. The molecule has 0 saturated carbocycles. The molecule has 2 aliphatic heterocycles. The van der Waals surface area contributed by atoms with Gasteiger partial charge in [0.05, 0.1) is 12.1 Å². The fourth-order valence-electron chi connectivity index (χ4n) is 4.07. The van der Waals surface area contributed by atoms with Gasteiger partial charge in [-0.25, -0.2) is 0 Å². The van der Waals surface area contributed by atoms with E-state index in [9.17, 15) is 18.0 Å². The van der Waals surface area contributed by atoms with Crippen molar-refractivity contribution < 1.29 is 18.0 Å². The summed E-state index contributed by atoms with van der Waals surface area (Å²) >= 11 is 0. The van der Waals surface area contributed by atoms with Crippen LogP contribution in [0.2, 0.25) is 0 Å². The molecule has 0 atom stereocenters. The second-order valence-electron chi connectivity index (χ2n) is 7.69. The standard InChI is InChI=1S/C20H29F3N4O/c21-20(22,23)17-2-1-3-18(14-17)26-12-10-25(11-13-26)7-4-16-5-8-27(9-6-16)19(28)15-24/h1-3,14,16H,4-13,15,24H2. The Morgan fingerprint density at radius 1 is 1.07 bits per heavy atom. The van der Waals surface area contributed by atoms with Crippen LogP contribution in [-0.4, -0.2) is 68.1 Å². The summed E-state index contributed by atoms with van der Waals surface area (Å²) in [6.07, 6.45) is -1.15. The highest BCUT2D eigenvalue weighted by atomic mass is 19.4. The van der Waals surface area contributed by atoms with Crippen LogP contribution < -0.4 is 10.6 Å². The van der Waals surface area contributed by atoms with Crippen molar-refractivity contribution in [1.82, 2.24) is 9.80 Å². The van der Waals surface area contributed by atoms with E-state index in [1.54, 1.807) is 6.07 Å². The third kappa shape index (κ3) is 5.38. The Hall–Kier alpha value is -1.80. The average Bonchev–Trinajstić information content (AvgIpc) is 2.72. The first-order valence-electron chi connectivity index (χ1n) is 9.99. The molecule has 1 aromatic carbocycles. The normalized spacial score (nSPS) is 19.9. The number of piperazine rings is 1. The van der Waals surface area contributed by atoms with Gasteiger partial charge in [-0.05, 0) is 49.9 Å². The molecule has 0 spiro atoms. The molecule has 2 heterocycles. The van der Waals surface area contributed by atoms with Crippen molar-refractivity contribution in [2.24, 2.45) is 11.7 Å². The third-order valence-corrected chi connectivity index (χ3v) is 5.91. The summed E-state index contributed by atoms with van der Waals surface area (Å²) in [4.78, 5) is 17.9. The highest BCUT2D eigenvalue weighted by molar-refractivity contribution is 5.78. The first-order chi connectivity index (χ1) is 13.4. The molecule has 1 aromatic rings. The second kappa shape index (κ2) is 9.13. The molecule has 0 aliphatic carbocycles. The molecule has 2 fully saturated rings. The number of anilines is 1. The van der Waals surface area contributed by atoms with Crippen LogP contribution in [0.5, 0.6) is 0 Å². The molecule has 0 bridgehead atoms. The molecule has 2 saturated heterocycles. The van der Waals surface area contributed by atoms with Crippen molar-refractivity contribution in [2.45, 2.75) is 25.4 Å². The van der Waals surface area contributed by atoms with Gasteiger partial charge in [0.2, 0.25) is 5.91 Å². The minimum absolute atomic E-state index is 0.0316. The summed E-state index contributed by atoms with van der Waals surface area (Å²) in [6, 6.07) is 5.59. The number of halogens is 3. The highest BCUT2D eigenvalue weighted by Crippen LogP contribution is 2.32. The van der Waals surface area contributed by atoms with Crippen LogP contribution >= 0.6 is 0 Å². The Bertz CT molecular complexity index is 651. The lowest BCUT2D eigenvalue weighted by Gasteiger charge is -2.37. The first kappa shape index (κ1) is 20.9. The van der Waals surface area contributed by atoms with E-state index in [1.807, 2.05) is 9.80 Å². The topological polar surface area (TPSA) is 52.8 Å². The average molecular weight is 398 g/mol. The van der Waals surface area contributed by atoms with Crippen LogP contribution in [0.25, 0.3) is 0 Å². The zero-order valence-corrected chi connectivity index (χ0v) is 16.1. The van der Waals surface area contributed by atoms with E-state index in [-0.39, 0.29) is 12.5 Å². The molecule has 2 N–H and O–H groups in total. The summed E-state index contributed by atoms with van der Waals surface area (Å²) in [7, 11) is 0. The summed E-state index contributed by atoms with van der Waals surface area (Å²) < 4.78 is 38.7. The largest absolute Gasteiger partial charge is 0.416 e. The molecule has 156 valence electrons. The number of benzene rings is 1. The van der Waals surface area contributed by atoms with Crippen LogP contribution in [-0.2, 0) is 11.0 Å². The monoisotopic (exact) mass is 398 g/mol. The predicted molar refractivity (Wildman–Crippen MR) is 103 cm³/mol. The molecule has 3 rings (SSSR count). The van der Waals surface area contributed by atoms with Gasteiger partial charge in [-0.3, -0.25) is 9.69 Å². The maximum Gasteiger partial charge on any atom is 0.416 e. The van der Waals surface area contributed by atoms with Crippen molar-refractivity contribution >= 4 is 11.6 Å². The van der Waals surface area contributed by atoms with Crippen molar-refractivity contribution in [3.63, 3.8) is 0 Å². The number of alkyl halides is 3. The lowest BCUT2D eigenvalue weighted by molar-refractivity contribution is -0.137. The Balaban J connectivity index is 1.41. The molecular formula is C20H29F3N4O. The van der Waals surface area contributed by atoms with Gasteiger partial charge in [0, 0.05) is 45.0 Å². The first-order valence-corrected chi connectivity index (χ1v) is 9.99. The quantitative estimate of drug-likeness (QED) is 0.828. The molecule has 0 aromatic heterocycles. The minimum atomic E-state index is -4.30. The molecule has 5 nitrogen and oxygen atoms in total. The maximum atomic E-state index is 12.9. The van der Waals surface area contributed by atoms with Crippen molar-refractivity contribution in [1.29, 1.82) is 0 Å². The fraction of sp³-hybridized carbons (Fsp3) is 0.650. The van der Waals surface area contributed by atoms with Gasteiger partial charge >= 0.3 is 6.18 Å². The SMILES string of the molecule is NCC(=O)N1CCC(CCN2CCN(c3cccc(C(F)(F)F)c3)CC2)CC1. The minimum Gasteiger partial charge on any atom is -0.369 e. The number of carbonyl (C=O) groups is 1. The van der Waals surface area contributed by atoms with Crippen LogP contribution in [0, 0.1) is 5.92 Å². The van der Waals surface area contributed by atoms with E-state index in [2.05, 4.69) is 4.90 Å². The van der Waals surface area contributed by atoms with Gasteiger partial charge in [0.15, 0.2) is 0 Å². The summed E-state index contributed by atoms with van der Waals surface area (Å²) in [5.41, 5.74) is 5.47. The number of likely N-dealkylation sites (tertiary alicyclic amines) is 1. The summed E-state index contributed by atoms with van der Waals surface area (Å²) in [5.74, 6) is 0.660. The predicted octanol–water partition coefficient (Wildman–Crippen LogP) is 2.41. The highest BCUT2D eigenvalue weighted by Gasteiger charge is 2.31. The summed E-state index contributed by atoms with van der Waals surface area (Å²) in [6.45, 7) is 5.89. The molecule has 28 heavy (non-hydrogen) atoms. The fourth-order valence-corrected chi connectivity index (χ4v) is 4.07. The zero-order valence-electron chi connectivity index (χ0n) is 16.1. The van der Waals surface area contributed by atoms with Crippen LogP contribution in [0.4, 0.5) is 18.9 Å². The number of hydrogen-bond acceptors (Lipinski definition) is 4. The van der Waals surface area contributed by atoms with Crippen LogP contribution in [0.15, 0.2) is 24.3 Å². The van der Waals surface area contributed by atoms with Gasteiger partial charge in [0.25, 0.3) is 0 Å². The Labute approximate surface area is 164 Å². The van der Waals surface area contributed by atoms with E-state index in [1.165, 1.54) is 12.1 Å². The molecule has 0 unspecified atom stereocenters. The molecular weight excluding hydrogens is 369 g/mol. The Morgan fingerprint density at radius 2 is 1.75 bits per heavy atom. The van der Waals surface area contributed by atoms with Gasteiger partial charge < -0.3 is 15.5 Å². The van der Waals surface area contributed by atoms with Crippen molar-refractivity contribution in [3.8, 4) is 0 Å². The smallest absolute Gasteiger partial charge is 0.369 e. The van der Waals surface area contributed by atoms with Crippen molar-refractivity contribution in [2.75, 3.05) is 57.3 Å². The molecule has 8 heteroatoms. The van der Waals surface area contributed by atoms with E-state index < -0.39 is 11.7 Å². The number of carbonyl (C=O) groups excluding carboxylic acids is 1. The van der Waals surface area contributed by atoms with E-state index in [0.29, 0.717) is 11.6 Å².